The molecule has 0 radical (unpaired) electrons. The lowest BCUT2D eigenvalue weighted by Crippen LogP contribution is -2.46. The fourth-order valence-electron chi connectivity index (χ4n) is 3.73. The van der Waals surface area contributed by atoms with E-state index in [1.54, 1.807) is 0 Å². The third-order valence-corrected chi connectivity index (χ3v) is 5.57. The predicted molar refractivity (Wildman–Crippen MR) is 114 cm³/mol. The molecule has 1 saturated heterocycles. The van der Waals surface area contributed by atoms with Crippen LogP contribution in [-0.2, 0) is 5.41 Å². The van der Waals surface area contributed by atoms with Gasteiger partial charge in [-0.05, 0) is 24.4 Å². The largest absolute Gasteiger partial charge is 0.354 e. The maximum Gasteiger partial charge on any atom is 0.254 e. The Labute approximate surface area is 167 Å². The molecule has 0 aliphatic carbocycles. The first-order valence-electron chi connectivity index (χ1n) is 10.2. The Bertz CT molecular complexity index is 959. The van der Waals surface area contributed by atoms with E-state index in [4.69, 9.17) is 10.1 Å². The molecule has 2 aromatic heterocycles. The van der Waals surface area contributed by atoms with Gasteiger partial charge in [0.05, 0.1) is 0 Å². The van der Waals surface area contributed by atoms with E-state index in [1.807, 2.05) is 11.4 Å². The number of nitrogens with zero attached hydrogens (tertiary/aromatic N) is 6. The Morgan fingerprint density at radius 1 is 0.964 bits per heavy atom. The van der Waals surface area contributed by atoms with Crippen molar-refractivity contribution in [3.05, 3.63) is 41.6 Å². The molecule has 0 bridgehead atoms. The van der Waals surface area contributed by atoms with Crippen LogP contribution in [-0.4, -0.2) is 57.2 Å². The van der Waals surface area contributed by atoms with Gasteiger partial charge >= 0.3 is 0 Å². The molecule has 1 aromatic carbocycles. The average molecular weight is 379 g/mol. The topological polar surface area (TPSA) is 49.6 Å². The second kappa shape index (κ2) is 7.17. The fourth-order valence-corrected chi connectivity index (χ4v) is 3.73. The van der Waals surface area contributed by atoms with Gasteiger partial charge in [0.25, 0.3) is 5.78 Å². The molecule has 1 fully saturated rings. The summed E-state index contributed by atoms with van der Waals surface area (Å²) in [6, 6.07) is 10.7. The highest BCUT2D eigenvalue weighted by Gasteiger charge is 2.21. The minimum atomic E-state index is 0.136. The summed E-state index contributed by atoms with van der Waals surface area (Å²) < 4.78 is 1.90. The molecule has 0 saturated carbocycles. The summed E-state index contributed by atoms with van der Waals surface area (Å²) in [6.07, 6.45) is 0. The van der Waals surface area contributed by atoms with E-state index in [0.29, 0.717) is 5.78 Å². The minimum Gasteiger partial charge on any atom is -0.354 e. The van der Waals surface area contributed by atoms with E-state index in [2.05, 4.69) is 72.8 Å². The summed E-state index contributed by atoms with van der Waals surface area (Å²) in [4.78, 5) is 14.2. The van der Waals surface area contributed by atoms with Crippen molar-refractivity contribution < 1.29 is 0 Å². The van der Waals surface area contributed by atoms with Crippen LogP contribution in [0.5, 0.6) is 0 Å². The van der Waals surface area contributed by atoms with Crippen LogP contribution in [0.15, 0.2) is 30.3 Å². The lowest BCUT2D eigenvalue weighted by atomic mass is 9.87. The van der Waals surface area contributed by atoms with Gasteiger partial charge in [-0.1, -0.05) is 52.0 Å². The van der Waals surface area contributed by atoms with E-state index in [0.717, 1.165) is 55.6 Å². The minimum absolute atomic E-state index is 0.136. The van der Waals surface area contributed by atoms with E-state index >= 15 is 0 Å². The van der Waals surface area contributed by atoms with E-state index in [1.165, 1.54) is 5.56 Å². The highest BCUT2D eigenvalue weighted by Crippen LogP contribution is 2.26. The van der Waals surface area contributed by atoms with Crippen LogP contribution in [0.4, 0.5) is 5.82 Å². The Kier molecular flexibility index (Phi) is 4.83. The maximum absolute atomic E-state index is 4.82. The highest BCUT2D eigenvalue weighted by atomic mass is 15.4. The number of hydrogen-bond donors (Lipinski definition) is 0. The first kappa shape index (κ1) is 18.9. The van der Waals surface area contributed by atoms with Crippen LogP contribution in [0.25, 0.3) is 17.2 Å². The highest BCUT2D eigenvalue weighted by molar-refractivity contribution is 5.59. The van der Waals surface area contributed by atoms with Crippen LogP contribution >= 0.6 is 0 Å². The van der Waals surface area contributed by atoms with Crippen LogP contribution in [0.3, 0.4) is 0 Å². The molecule has 4 rings (SSSR count). The molecule has 6 nitrogen and oxygen atoms in total. The zero-order chi connectivity index (χ0) is 19.9. The SMILES string of the molecule is CCN1CCN(c2cc(C)nc3nc(-c4ccc(C(C)(C)C)cc4)nn23)CC1. The third-order valence-electron chi connectivity index (χ3n) is 5.57. The monoisotopic (exact) mass is 378 g/mol. The van der Waals surface area contributed by atoms with E-state index in [9.17, 15) is 0 Å². The molecule has 3 heterocycles. The van der Waals surface area contributed by atoms with Crippen LogP contribution in [0.2, 0.25) is 0 Å². The molecule has 6 heteroatoms. The van der Waals surface area contributed by atoms with Gasteiger partial charge in [-0.25, -0.2) is 4.98 Å². The smallest absolute Gasteiger partial charge is 0.254 e. The predicted octanol–water partition coefficient (Wildman–Crippen LogP) is 3.54. The normalized spacial score (nSPS) is 16.1. The number of likely N-dealkylation sites (N-methyl/N-ethyl adjacent to an activating group) is 1. The number of anilines is 1. The zero-order valence-corrected chi connectivity index (χ0v) is 17.6. The van der Waals surface area contributed by atoms with Crippen molar-refractivity contribution in [3.63, 3.8) is 0 Å². The van der Waals surface area contributed by atoms with Crippen LogP contribution in [0.1, 0.15) is 39.0 Å². The maximum atomic E-state index is 4.82. The lowest BCUT2D eigenvalue weighted by Gasteiger charge is -2.35. The molecular formula is C22H30N6. The lowest BCUT2D eigenvalue weighted by molar-refractivity contribution is 0.270. The van der Waals surface area contributed by atoms with Gasteiger partial charge in [0.1, 0.15) is 5.82 Å². The van der Waals surface area contributed by atoms with Crippen molar-refractivity contribution in [2.24, 2.45) is 0 Å². The molecule has 1 aliphatic rings. The van der Waals surface area contributed by atoms with Crippen molar-refractivity contribution >= 4 is 11.6 Å². The molecule has 0 spiro atoms. The molecule has 0 unspecified atom stereocenters. The van der Waals surface area contributed by atoms with Crippen molar-refractivity contribution in [3.8, 4) is 11.4 Å². The Hall–Kier alpha value is -2.47. The molecule has 0 atom stereocenters. The summed E-state index contributed by atoms with van der Waals surface area (Å²) in [7, 11) is 0. The van der Waals surface area contributed by atoms with Crippen molar-refractivity contribution in [1.29, 1.82) is 0 Å². The number of piperazine rings is 1. The number of aryl methyl sites for hydroxylation is 1. The third kappa shape index (κ3) is 3.61. The van der Waals surface area contributed by atoms with Crippen molar-refractivity contribution in [2.75, 3.05) is 37.6 Å². The average Bonchev–Trinajstić information content (AvgIpc) is 3.11. The number of aromatic nitrogens is 4. The molecule has 0 N–H and O–H groups in total. The Morgan fingerprint density at radius 2 is 1.64 bits per heavy atom. The molecule has 0 amide bonds. The molecule has 148 valence electrons. The molecule has 28 heavy (non-hydrogen) atoms. The summed E-state index contributed by atoms with van der Waals surface area (Å²) in [5.74, 6) is 2.48. The van der Waals surface area contributed by atoms with Crippen LogP contribution < -0.4 is 4.90 Å². The van der Waals surface area contributed by atoms with Gasteiger partial charge < -0.3 is 9.80 Å². The van der Waals surface area contributed by atoms with Gasteiger partial charge in [-0.3, -0.25) is 0 Å². The second-order valence-electron chi connectivity index (χ2n) is 8.65. The first-order chi connectivity index (χ1) is 13.3. The molecule has 1 aliphatic heterocycles. The van der Waals surface area contributed by atoms with Crippen molar-refractivity contribution in [1.82, 2.24) is 24.5 Å². The summed E-state index contributed by atoms with van der Waals surface area (Å²) in [6.45, 7) is 16.2. The van der Waals surface area contributed by atoms with Gasteiger partial charge in [0.15, 0.2) is 5.82 Å². The van der Waals surface area contributed by atoms with E-state index in [-0.39, 0.29) is 5.41 Å². The Morgan fingerprint density at radius 3 is 2.25 bits per heavy atom. The quantitative estimate of drug-likeness (QED) is 0.698. The fraction of sp³-hybridized carbons (Fsp3) is 0.500. The second-order valence-corrected chi connectivity index (χ2v) is 8.65. The van der Waals surface area contributed by atoms with Gasteiger partial charge in [-0.2, -0.15) is 9.50 Å². The number of benzene rings is 1. The summed E-state index contributed by atoms with van der Waals surface area (Å²) in [5.41, 5.74) is 3.45. The van der Waals surface area contributed by atoms with E-state index < -0.39 is 0 Å². The number of rotatable bonds is 3. The summed E-state index contributed by atoms with van der Waals surface area (Å²) in [5, 5.41) is 4.82. The first-order valence-corrected chi connectivity index (χ1v) is 10.2. The summed E-state index contributed by atoms with van der Waals surface area (Å²) >= 11 is 0. The van der Waals surface area contributed by atoms with Gasteiger partial charge in [0, 0.05) is 43.5 Å². The van der Waals surface area contributed by atoms with Gasteiger partial charge in [-0.15, -0.1) is 5.10 Å². The molecule has 3 aromatic rings. The van der Waals surface area contributed by atoms with Gasteiger partial charge in [0.2, 0.25) is 0 Å². The Balaban J connectivity index is 1.69. The van der Waals surface area contributed by atoms with Crippen LogP contribution in [0, 0.1) is 6.92 Å². The van der Waals surface area contributed by atoms with Crippen molar-refractivity contribution in [2.45, 2.75) is 40.0 Å². The number of hydrogen-bond acceptors (Lipinski definition) is 5. The standard InChI is InChI=1S/C22H30N6/c1-6-26-11-13-27(14-12-26)19-15-16(2)23-21-24-20(25-28(19)21)17-7-9-18(10-8-17)22(3,4)5/h7-10,15H,6,11-14H2,1-5H3. The molecular weight excluding hydrogens is 348 g/mol. The zero-order valence-electron chi connectivity index (χ0n) is 17.6. The number of fused-ring (bicyclic) bond motifs is 1.